The van der Waals surface area contributed by atoms with E-state index in [-0.39, 0.29) is 11.5 Å². The molecule has 1 heterocycles. The summed E-state index contributed by atoms with van der Waals surface area (Å²) in [5.74, 6) is 0.723. The van der Waals surface area contributed by atoms with Gasteiger partial charge >= 0.3 is 0 Å². The van der Waals surface area contributed by atoms with Gasteiger partial charge in [0.2, 0.25) is 0 Å². The van der Waals surface area contributed by atoms with Crippen molar-refractivity contribution >= 4 is 5.69 Å². The van der Waals surface area contributed by atoms with Crippen molar-refractivity contribution < 1.29 is 9.13 Å². The van der Waals surface area contributed by atoms with E-state index in [1.54, 1.807) is 18.5 Å². The monoisotopic (exact) mass is 218 g/mol. The van der Waals surface area contributed by atoms with Gasteiger partial charge in [-0.15, -0.1) is 0 Å². The Bertz CT molecular complexity index is 514. The molecule has 1 aromatic heterocycles. The van der Waals surface area contributed by atoms with Gasteiger partial charge in [-0.2, -0.15) is 0 Å². The highest BCUT2D eigenvalue weighted by Gasteiger charge is 2.05. The fraction of sp³-hybridized carbons (Fsp3) is 0.0833. The van der Waals surface area contributed by atoms with Gasteiger partial charge in [-0.3, -0.25) is 4.98 Å². The van der Waals surface area contributed by atoms with Crippen LogP contribution < -0.4 is 10.5 Å². The van der Waals surface area contributed by atoms with Gasteiger partial charge in [0.1, 0.15) is 11.6 Å². The Kier molecular flexibility index (Phi) is 2.72. The SMILES string of the molecule is Cc1cnccc1Oc1ccc(F)cc1N. The van der Waals surface area contributed by atoms with Crippen LogP contribution in [0.3, 0.4) is 0 Å². The van der Waals surface area contributed by atoms with Crippen LogP contribution in [-0.2, 0) is 0 Å². The molecule has 82 valence electrons. The van der Waals surface area contributed by atoms with Crippen molar-refractivity contribution in [1.82, 2.24) is 4.98 Å². The van der Waals surface area contributed by atoms with E-state index in [0.717, 1.165) is 5.56 Å². The van der Waals surface area contributed by atoms with Gasteiger partial charge in [0, 0.05) is 24.0 Å². The van der Waals surface area contributed by atoms with Crippen molar-refractivity contribution in [1.29, 1.82) is 0 Å². The van der Waals surface area contributed by atoms with Gasteiger partial charge in [0.05, 0.1) is 5.69 Å². The van der Waals surface area contributed by atoms with Crippen molar-refractivity contribution in [3.05, 3.63) is 48.0 Å². The third-order valence-electron chi connectivity index (χ3n) is 2.16. The van der Waals surface area contributed by atoms with Crippen LogP contribution in [0.5, 0.6) is 11.5 Å². The minimum absolute atomic E-state index is 0.274. The van der Waals surface area contributed by atoms with E-state index >= 15 is 0 Å². The van der Waals surface area contributed by atoms with Gasteiger partial charge in [0.15, 0.2) is 5.75 Å². The van der Waals surface area contributed by atoms with Crippen LogP contribution in [0, 0.1) is 12.7 Å². The number of hydrogen-bond donors (Lipinski definition) is 1. The maximum absolute atomic E-state index is 12.8. The number of halogens is 1. The van der Waals surface area contributed by atoms with Crippen molar-refractivity contribution in [2.24, 2.45) is 0 Å². The second kappa shape index (κ2) is 4.18. The fourth-order valence-corrected chi connectivity index (χ4v) is 1.31. The first-order chi connectivity index (χ1) is 7.66. The van der Waals surface area contributed by atoms with Gasteiger partial charge in [0.25, 0.3) is 0 Å². The molecule has 0 saturated carbocycles. The van der Waals surface area contributed by atoms with Crippen LogP contribution in [-0.4, -0.2) is 4.98 Å². The lowest BCUT2D eigenvalue weighted by Crippen LogP contribution is -1.94. The highest BCUT2D eigenvalue weighted by Crippen LogP contribution is 2.29. The van der Waals surface area contributed by atoms with Crippen LogP contribution in [0.4, 0.5) is 10.1 Å². The van der Waals surface area contributed by atoms with Crippen molar-refractivity contribution in [3.8, 4) is 11.5 Å². The molecule has 2 N–H and O–H groups in total. The molecule has 0 atom stereocenters. The predicted octanol–water partition coefficient (Wildman–Crippen LogP) is 2.90. The second-order valence-corrected chi connectivity index (χ2v) is 3.43. The number of aryl methyl sites for hydroxylation is 1. The average molecular weight is 218 g/mol. The number of benzene rings is 1. The molecule has 0 fully saturated rings. The number of anilines is 1. The Morgan fingerprint density at radius 3 is 2.75 bits per heavy atom. The number of pyridine rings is 1. The largest absolute Gasteiger partial charge is 0.455 e. The Balaban J connectivity index is 2.31. The lowest BCUT2D eigenvalue weighted by molar-refractivity contribution is 0.478. The molecular formula is C12H11FN2O. The Morgan fingerprint density at radius 1 is 1.25 bits per heavy atom. The molecule has 0 aliphatic heterocycles. The van der Waals surface area contributed by atoms with E-state index in [1.807, 2.05) is 6.92 Å². The summed E-state index contributed by atoms with van der Waals surface area (Å²) in [7, 11) is 0. The molecule has 0 aliphatic carbocycles. The molecule has 1 aromatic carbocycles. The highest BCUT2D eigenvalue weighted by atomic mass is 19.1. The molecule has 0 saturated heterocycles. The third-order valence-corrected chi connectivity index (χ3v) is 2.16. The Hall–Kier alpha value is -2.10. The van der Waals surface area contributed by atoms with E-state index in [4.69, 9.17) is 10.5 Å². The molecule has 0 spiro atoms. The maximum Gasteiger partial charge on any atom is 0.150 e. The molecule has 0 unspecified atom stereocenters. The quantitative estimate of drug-likeness (QED) is 0.788. The summed E-state index contributed by atoms with van der Waals surface area (Å²) in [6.07, 6.45) is 3.32. The molecule has 2 rings (SSSR count). The smallest absolute Gasteiger partial charge is 0.150 e. The molecule has 16 heavy (non-hydrogen) atoms. The van der Waals surface area contributed by atoms with Crippen LogP contribution >= 0.6 is 0 Å². The predicted molar refractivity (Wildman–Crippen MR) is 59.9 cm³/mol. The number of nitrogens with zero attached hydrogens (tertiary/aromatic N) is 1. The zero-order chi connectivity index (χ0) is 11.5. The highest BCUT2D eigenvalue weighted by molar-refractivity contribution is 5.54. The minimum atomic E-state index is -0.378. The molecule has 2 aromatic rings. The lowest BCUT2D eigenvalue weighted by Gasteiger charge is -2.09. The van der Waals surface area contributed by atoms with Crippen LogP contribution in [0.15, 0.2) is 36.7 Å². The van der Waals surface area contributed by atoms with Crippen LogP contribution in [0.1, 0.15) is 5.56 Å². The maximum atomic E-state index is 12.8. The molecule has 0 radical (unpaired) electrons. The molecule has 3 nitrogen and oxygen atoms in total. The lowest BCUT2D eigenvalue weighted by atomic mass is 10.2. The third kappa shape index (κ3) is 2.11. The number of ether oxygens (including phenoxy) is 1. The molecule has 0 amide bonds. The molecule has 4 heteroatoms. The van der Waals surface area contributed by atoms with Crippen molar-refractivity contribution in [2.45, 2.75) is 6.92 Å². The fourth-order valence-electron chi connectivity index (χ4n) is 1.31. The first kappa shape index (κ1) is 10.4. The van der Waals surface area contributed by atoms with Crippen molar-refractivity contribution in [2.75, 3.05) is 5.73 Å². The average Bonchev–Trinajstić information content (AvgIpc) is 2.25. The summed E-state index contributed by atoms with van der Waals surface area (Å²) >= 11 is 0. The van der Waals surface area contributed by atoms with E-state index in [0.29, 0.717) is 11.5 Å². The van der Waals surface area contributed by atoms with Gasteiger partial charge < -0.3 is 10.5 Å². The van der Waals surface area contributed by atoms with E-state index in [2.05, 4.69) is 4.98 Å². The first-order valence-corrected chi connectivity index (χ1v) is 4.80. The van der Waals surface area contributed by atoms with E-state index in [9.17, 15) is 4.39 Å². The molecule has 0 aliphatic rings. The summed E-state index contributed by atoms with van der Waals surface area (Å²) in [6.45, 7) is 1.88. The number of nitrogens with two attached hydrogens (primary N) is 1. The Morgan fingerprint density at radius 2 is 2.06 bits per heavy atom. The van der Waals surface area contributed by atoms with E-state index in [1.165, 1.54) is 18.2 Å². The zero-order valence-corrected chi connectivity index (χ0v) is 8.77. The Labute approximate surface area is 92.7 Å². The number of rotatable bonds is 2. The van der Waals surface area contributed by atoms with Crippen LogP contribution in [0.25, 0.3) is 0 Å². The normalized spacial score (nSPS) is 10.1. The standard InChI is InChI=1S/C12H11FN2O/c1-8-7-15-5-4-11(8)16-12-3-2-9(13)6-10(12)14/h2-7H,14H2,1H3. The van der Waals surface area contributed by atoms with Crippen LogP contribution in [0.2, 0.25) is 0 Å². The second-order valence-electron chi connectivity index (χ2n) is 3.43. The first-order valence-electron chi connectivity index (χ1n) is 4.80. The minimum Gasteiger partial charge on any atom is -0.455 e. The summed E-state index contributed by atoms with van der Waals surface area (Å²) in [6, 6.07) is 5.77. The molecular weight excluding hydrogens is 207 g/mol. The van der Waals surface area contributed by atoms with Crippen molar-refractivity contribution in [3.63, 3.8) is 0 Å². The summed E-state index contributed by atoms with van der Waals surface area (Å²) in [5, 5.41) is 0. The number of hydrogen-bond acceptors (Lipinski definition) is 3. The number of aromatic nitrogens is 1. The van der Waals surface area contributed by atoms with Gasteiger partial charge in [-0.25, -0.2) is 4.39 Å². The van der Waals surface area contributed by atoms with E-state index < -0.39 is 0 Å². The summed E-state index contributed by atoms with van der Waals surface area (Å²) in [5.41, 5.74) is 6.81. The van der Waals surface area contributed by atoms with Gasteiger partial charge in [-0.1, -0.05) is 0 Å². The number of nitrogen functional groups attached to an aromatic ring is 1. The van der Waals surface area contributed by atoms with Gasteiger partial charge in [-0.05, 0) is 25.1 Å². The zero-order valence-electron chi connectivity index (χ0n) is 8.77. The summed E-state index contributed by atoms with van der Waals surface area (Å²) in [4.78, 5) is 3.95. The molecule has 0 bridgehead atoms. The summed E-state index contributed by atoms with van der Waals surface area (Å²) < 4.78 is 18.4. The topological polar surface area (TPSA) is 48.1 Å².